The van der Waals surface area contributed by atoms with E-state index in [1.54, 1.807) is 23.0 Å². The van der Waals surface area contributed by atoms with E-state index >= 15 is 0 Å². The predicted molar refractivity (Wildman–Crippen MR) is 113 cm³/mol. The molecule has 0 bridgehead atoms. The number of nitrogens with one attached hydrogen (secondary N) is 1. The molecule has 0 saturated carbocycles. The predicted octanol–water partition coefficient (Wildman–Crippen LogP) is 4.76. The van der Waals surface area contributed by atoms with E-state index in [9.17, 15) is 4.79 Å². The van der Waals surface area contributed by atoms with Gasteiger partial charge in [-0.05, 0) is 23.8 Å². The van der Waals surface area contributed by atoms with Gasteiger partial charge in [-0.3, -0.25) is 4.79 Å². The van der Waals surface area contributed by atoms with Crippen LogP contribution in [0, 0.1) is 0 Å². The molecule has 4 rings (SSSR count). The van der Waals surface area contributed by atoms with Gasteiger partial charge in [-0.1, -0.05) is 66.7 Å². The van der Waals surface area contributed by atoms with Crippen molar-refractivity contribution in [2.75, 3.05) is 5.32 Å². The summed E-state index contributed by atoms with van der Waals surface area (Å²) >= 11 is 0. The summed E-state index contributed by atoms with van der Waals surface area (Å²) in [5.74, 6) is 1.23. The largest absolute Gasteiger partial charge is 0.489 e. The number of carbonyl (C=O) groups excluding carboxylic acids is 1. The molecule has 0 aliphatic rings. The van der Waals surface area contributed by atoms with Gasteiger partial charge >= 0.3 is 0 Å². The second kappa shape index (κ2) is 8.89. The molecule has 1 N–H and O–H groups in total. The third-order valence-electron chi connectivity index (χ3n) is 4.53. The fourth-order valence-electron chi connectivity index (χ4n) is 3.05. The van der Waals surface area contributed by atoms with Gasteiger partial charge in [0.2, 0.25) is 0 Å². The van der Waals surface area contributed by atoms with Crippen molar-refractivity contribution in [2.45, 2.75) is 13.2 Å². The van der Waals surface area contributed by atoms with E-state index in [2.05, 4.69) is 10.4 Å². The lowest BCUT2D eigenvalue weighted by Gasteiger charge is -2.13. The highest BCUT2D eigenvalue weighted by atomic mass is 16.5. The van der Waals surface area contributed by atoms with Gasteiger partial charge in [0.05, 0.1) is 12.7 Å². The Bertz CT molecular complexity index is 1080. The zero-order chi connectivity index (χ0) is 19.9. The lowest BCUT2D eigenvalue weighted by molar-refractivity contribution is 0.102. The maximum absolute atomic E-state index is 12.9. The Morgan fingerprint density at radius 1 is 0.862 bits per heavy atom. The Kier molecular flexibility index (Phi) is 5.67. The van der Waals surface area contributed by atoms with Gasteiger partial charge in [0.15, 0.2) is 0 Å². The van der Waals surface area contributed by atoms with E-state index in [0.717, 1.165) is 16.9 Å². The monoisotopic (exact) mass is 383 g/mol. The molecule has 1 aromatic heterocycles. The van der Waals surface area contributed by atoms with Crippen LogP contribution in [0.2, 0.25) is 0 Å². The normalized spacial score (nSPS) is 10.5. The van der Waals surface area contributed by atoms with Gasteiger partial charge in [0, 0.05) is 17.2 Å². The van der Waals surface area contributed by atoms with E-state index in [4.69, 9.17) is 4.74 Å². The minimum atomic E-state index is -0.188. The Labute approximate surface area is 169 Å². The number of rotatable bonds is 7. The van der Waals surface area contributed by atoms with Crippen LogP contribution in [-0.2, 0) is 13.2 Å². The number of amides is 1. The maximum Gasteiger partial charge on any atom is 0.257 e. The average molecular weight is 383 g/mol. The topological polar surface area (TPSA) is 56.2 Å². The number of hydrogen-bond donors (Lipinski definition) is 1. The lowest BCUT2D eigenvalue weighted by atomic mass is 10.1. The van der Waals surface area contributed by atoms with Gasteiger partial charge in [0.1, 0.15) is 18.2 Å². The highest BCUT2D eigenvalue weighted by Gasteiger charge is 2.14. The van der Waals surface area contributed by atoms with Crippen molar-refractivity contribution in [3.8, 4) is 5.75 Å². The molecule has 1 amide bonds. The van der Waals surface area contributed by atoms with Gasteiger partial charge in [0.25, 0.3) is 5.91 Å². The molecular formula is C24H21N3O2. The SMILES string of the molecule is O=C(Nc1ccnn1Cc1ccccc1)c1ccccc1COc1ccccc1. The number of nitrogens with zero attached hydrogens (tertiary/aromatic N) is 2. The van der Waals surface area contributed by atoms with Crippen molar-refractivity contribution in [1.82, 2.24) is 9.78 Å². The van der Waals surface area contributed by atoms with E-state index < -0.39 is 0 Å². The summed E-state index contributed by atoms with van der Waals surface area (Å²) in [6.45, 7) is 0.902. The second-order valence-corrected chi connectivity index (χ2v) is 6.57. The summed E-state index contributed by atoms with van der Waals surface area (Å²) in [7, 11) is 0. The first-order valence-electron chi connectivity index (χ1n) is 9.42. The first kappa shape index (κ1) is 18.5. The van der Waals surface area contributed by atoms with E-state index in [1.165, 1.54) is 0 Å². The molecule has 4 aromatic rings. The maximum atomic E-state index is 12.9. The summed E-state index contributed by atoms with van der Waals surface area (Å²) in [5, 5.41) is 7.31. The first-order chi connectivity index (χ1) is 14.3. The molecule has 5 nitrogen and oxygen atoms in total. The van der Waals surface area contributed by atoms with Crippen LogP contribution in [0.25, 0.3) is 0 Å². The van der Waals surface area contributed by atoms with Crippen LogP contribution in [-0.4, -0.2) is 15.7 Å². The number of benzene rings is 3. The van der Waals surface area contributed by atoms with Crippen LogP contribution in [0.5, 0.6) is 5.75 Å². The molecule has 0 spiro atoms. The summed E-state index contributed by atoms with van der Waals surface area (Å²) in [6, 6.07) is 28.8. The Morgan fingerprint density at radius 3 is 2.34 bits per heavy atom. The Balaban J connectivity index is 1.48. The van der Waals surface area contributed by atoms with Crippen LogP contribution in [0.15, 0.2) is 97.2 Å². The molecule has 0 saturated heterocycles. The molecule has 0 aliphatic carbocycles. The molecule has 144 valence electrons. The quantitative estimate of drug-likeness (QED) is 0.500. The van der Waals surface area contributed by atoms with E-state index in [0.29, 0.717) is 24.5 Å². The molecule has 0 radical (unpaired) electrons. The van der Waals surface area contributed by atoms with Gasteiger partial charge < -0.3 is 10.1 Å². The number of carbonyl (C=O) groups is 1. The van der Waals surface area contributed by atoms with Crippen molar-refractivity contribution < 1.29 is 9.53 Å². The smallest absolute Gasteiger partial charge is 0.257 e. The number of para-hydroxylation sites is 1. The second-order valence-electron chi connectivity index (χ2n) is 6.57. The highest BCUT2D eigenvalue weighted by Crippen LogP contribution is 2.17. The van der Waals surface area contributed by atoms with Crippen LogP contribution >= 0.6 is 0 Å². The number of ether oxygens (including phenoxy) is 1. The zero-order valence-electron chi connectivity index (χ0n) is 15.9. The Hall–Kier alpha value is -3.86. The summed E-state index contributed by atoms with van der Waals surface area (Å²) < 4.78 is 7.60. The van der Waals surface area contributed by atoms with Crippen molar-refractivity contribution in [3.63, 3.8) is 0 Å². The molecule has 3 aromatic carbocycles. The third-order valence-corrected chi connectivity index (χ3v) is 4.53. The minimum Gasteiger partial charge on any atom is -0.489 e. The molecule has 0 fully saturated rings. The van der Waals surface area contributed by atoms with Crippen molar-refractivity contribution >= 4 is 11.7 Å². The average Bonchev–Trinajstić information content (AvgIpc) is 3.20. The molecule has 0 unspecified atom stereocenters. The Morgan fingerprint density at radius 2 is 1.55 bits per heavy atom. The van der Waals surface area contributed by atoms with Crippen LogP contribution < -0.4 is 10.1 Å². The van der Waals surface area contributed by atoms with E-state index in [-0.39, 0.29) is 5.91 Å². The highest BCUT2D eigenvalue weighted by molar-refractivity contribution is 6.04. The van der Waals surface area contributed by atoms with Gasteiger partial charge in [-0.2, -0.15) is 5.10 Å². The van der Waals surface area contributed by atoms with Gasteiger partial charge in [-0.15, -0.1) is 0 Å². The first-order valence-corrected chi connectivity index (χ1v) is 9.42. The molecule has 0 aliphatic heterocycles. The van der Waals surface area contributed by atoms with Crippen LogP contribution in [0.1, 0.15) is 21.5 Å². The summed E-state index contributed by atoms with van der Waals surface area (Å²) in [4.78, 5) is 12.9. The fourth-order valence-corrected chi connectivity index (χ4v) is 3.05. The molecule has 0 atom stereocenters. The number of hydrogen-bond acceptors (Lipinski definition) is 3. The molecule has 5 heteroatoms. The number of anilines is 1. The summed E-state index contributed by atoms with van der Waals surface area (Å²) in [6.07, 6.45) is 1.68. The van der Waals surface area contributed by atoms with Crippen molar-refractivity contribution in [2.24, 2.45) is 0 Å². The van der Waals surface area contributed by atoms with Crippen molar-refractivity contribution in [3.05, 3.63) is 114 Å². The molecule has 29 heavy (non-hydrogen) atoms. The van der Waals surface area contributed by atoms with Crippen LogP contribution in [0.4, 0.5) is 5.82 Å². The van der Waals surface area contributed by atoms with E-state index in [1.807, 2.05) is 78.9 Å². The van der Waals surface area contributed by atoms with Gasteiger partial charge in [-0.25, -0.2) is 4.68 Å². The standard InChI is InChI=1S/C24H21N3O2/c28-24(26-23-15-16-25-27(23)17-19-9-3-1-4-10-19)22-14-8-7-11-20(22)18-29-21-12-5-2-6-13-21/h1-16H,17-18H2,(H,26,28). The third kappa shape index (κ3) is 4.71. The van der Waals surface area contributed by atoms with Crippen LogP contribution in [0.3, 0.4) is 0 Å². The fraction of sp³-hybridized carbons (Fsp3) is 0.0833. The molecular weight excluding hydrogens is 362 g/mol. The van der Waals surface area contributed by atoms with Crippen molar-refractivity contribution in [1.29, 1.82) is 0 Å². The minimum absolute atomic E-state index is 0.188. The summed E-state index contributed by atoms with van der Waals surface area (Å²) in [5.41, 5.74) is 2.52. The lowest BCUT2D eigenvalue weighted by Crippen LogP contribution is -2.18. The zero-order valence-corrected chi connectivity index (χ0v) is 15.9. The molecule has 1 heterocycles. The number of aromatic nitrogens is 2.